The van der Waals surface area contributed by atoms with Gasteiger partial charge >= 0.3 is 0 Å². The summed E-state index contributed by atoms with van der Waals surface area (Å²) in [6.45, 7) is 6.76. The van der Waals surface area contributed by atoms with Crippen LogP contribution in [0.1, 0.15) is 43.5 Å². The summed E-state index contributed by atoms with van der Waals surface area (Å²) < 4.78 is 1.28. The van der Waals surface area contributed by atoms with Crippen LogP contribution in [0.4, 0.5) is 0 Å². The minimum absolute atomic E-state index is 0.219. The molecule has 0 amide bonds. The van der Waals surface area contributed by atoms with Gasteiger partial charge in [-0.05, 0) is 70.3 Å². The van der Waals surface area contributed by atoms with E-state index in [9.17, 15) is 0 Å². The molecule has 112 valence electrons. The van der Waals surface area contributed by atoms with E-state index < -0.39 is 0 Å². The Balaban J connectivity index is 2.13. The number of halogens is 1. The van der Waals surface area contributed by atoms with Gasteiger partial charge in [0.2, 0.25) is 0 Å². The molecule has 0 fully saturated rings. The van der Waals surface area contributed by atoms with Gasteiger partial charge in [-0.1, -0.05) is 57.2 Å². The average molecular weight is 393 g/mol. The zero-order valence-corrected chi connectivity index (χ0v) is 15.4. The summed E-state index contributed by atoms with van der Waals surface area (Å²) in [5, 5.41) is 3.43. The average Bonchev–Trinajstić information content (AvgIpc) is 2.45. The number of hydrogen-bond donors (Lipinski definition) is 1. The van der Waals surface area contributed by atoms with Crippen LogP contribution in [0.2, 0.25) is 0 Å². The first kappa shape index (κ1) is 16.5. The molecule has 0 aliphatic heterocycles. The lowest BCUT2D eigenvalue weighted by atomic mass is 9.86. The van der Waals surface area contributed by atoms with Crippen LogP contribution in [0.25, 0.3) is 0 Å². The lowest BCUT2D eigenvalue weighted by Gasteiger charge is -2.20. The summed E-state index contributed by atoms with van der Waals surface area (Å²) in [5.41, 5.74) is 4.33. The number of benzene rings is 2. The molecule has 0 aliphatic rings. The molecule has 2 aromatic carbocycles. The van der Waals surface area contributed by atoms with Gasteiger partial charge in [-0.15, -0.1) is 0 Å². The zero-order chi connectivity index (χ0) is 15.5. The molecule has 0 heterocycles. The molecule has 0 aromatic heterocycles. The van der Waals surface area contributed by atoms with Gasteiger partial charge in [0.05, 0.1) is 0 Å². The second-order valence-corrected chi connectivity index (χ2v) is 7.79. The van der Waals surface area contributed by atoms with Gasteiger partial charge in [0.1, 0.15) is 0 Å². The molecule has 2 aromatic rings. The molecule has 0 aliphatic carbocycles. The number of hydrogen-bond acceptors (Lipinski definition) is 1. The van der Waals surface area contributed by atoms with Crippen molar-refractivity contribution in [3.63, 3.8) is 0 Å². The van der Waals surface area contributed by atoms with Crippen LogP contribution in [0.15, 0.2) is 48.5 Å². The lowest BCUT2D eigenvalue weighted by molar-refractivity contribution is 0.583. The van der Waals surface area contributed by atoms with Crippen LogP contribution in [-0.4, -0.2) is 7.05 Å². The molecule has 1 atom stereocenters. The summed E-state index contributed by atoms with van der Waals surface area (Å²) >= 11 is 2.35. The van der Waals surface area contributed by atoms with E-state index in [1.807, 2.05) is 7.05 Å². The second kappa shape index (κ2) is 6.93. The van der Waals surface area contributed by atoms with Crippen LogP contribution in [0.3, 0.4) is 0 Å². The van der Waals surface area contributed by atoms with Crippen molar-refractivity contribution in [3.8, 4) is 0 Å². The van der Waals surface area contributed by atoms with Crippen LogP contribution >= 0.6 is 22.6 Å². The third-order valence-corrected chi connectivity index (χ3v) is 4.60. The summed E-state index contributed by atoms with van der Waals surface area (Å²) in [7, 11) is 2.03. The van der Waals surface area contributed by atoms with Crippen molar-refractivity contribution in [3.05, 3.63) is 68.8 Å². The highest BCUT2D eigenvalue weighted by Gasteiger charge is 2.14. The van der Waals surface area contributed by atoms with Gasteiger partial charge in [-0.3, -0.25) is 0 Å². The topological polar surface area (TPSA) is 12.0 Å². The Bertz CT molecular complexity index is 564. The summed E-state index contributed by atoms with van der Waals surface area (Å²) in [6, 6.07) is 18.2. The standard InChI is InChI=1S/C19H24IN/c1-19(2,3)16-9-5-14(6-10-16)13-18(21-4)15-7-11-17(20)12-8-15/h5-12,18,21H,13H2,1-4H3. The lowest BCUT2D eigenvalue weighted by Crippen LogP contribution is -2.19. The third kappa shape index (κ3) is 4.55. The molecule has 0 bridgehead atoms. The van der Waals surface area contributed by atoms with E-state index in [1.165, 1.54) is 20.3 Å². The van der Waals surface area contributed by atoms with Gasteiger partial charge < -0.3 is 5.32 Å². The number of rotatable bonds is 4. The van der Waals surface area contributed by atoms with Crippen LogP contribution in [0.5, 0.6) is 0 Å². The second-order valence-electron chi connectivity index (χ2n) is 6.54. The Labute approximate surface area is 142 Å². The predicted molar refractivity (Wildman–Crippen MR) is 99.8 cm³/mol. The number of likely N-dealkylation sites (N-methyl/N-ethyl adjacent to an activating group) is 1. The van der Waals surface area contributed by atoms with E-state index >= 15 is 0 Å². The molecular weight excluding hydrogens is 369 g/mol. The van der Waals surface area contributed by atoms with Gasteiger partial charge in [0.15, 0.2) is 0 Å². The normalized spacial score (nSPS) is 13.2. The fourth-order valence-electron chi connectivity index (χ4n) is 2.46. The quantitative estimate of drug-likeness (QED) is 0.714. The third-order valence-electron chi connectivity index (χ3n) is 3.88. The molecule has 0 saturated heterocycles. The highest BCUT2D eigenvalue weighted by atomic mass is 127. The Morgan fingerprint density at radius 3 is 2.00 bits per heavy atom. The van der Waals surface area contributed by atoms with E-state index in [-0.39, 0.29) is 5.41 Å². The molecule has 21 heavy (non-hydrogen) atoms. The first-order chi connectivity index (χ1) is 9.90. The van der Waals surface area contributed by atoms with E-state index in [4.69, 9.17) is 0 Å². The van der Waals surface area contributed by atoms with Gasteiger partial charge in [0, 0.05) is 9.61 Å². The summed E-state index contributed by atoms with van der Waals surface area (Å²) in [4.78, 5) is 0. The Kier molecular flexibility index (Phi) is 5.44. The van der Waals surface area contributed by atoms with Gasteiger partial charge in [0.25, 0.3) is 0 Å². The van der Waals surface area contributed by atoms with Crippen molar-refractivity contribution < 1.29 is 0 Å². The molecule has 2 heteroatoms. The smallest absolute Gasteiger partial charge is 0.0358 e. The Morgan fingerprint density at radius 2 is 1.52 bits per heavy atom. The SMILES string of the molecule is CNC(Cc1ccc(C(C)(C)C)cc1)c1ccc(I)cc1. The Hall–Kier alpha value is -0.870. The largest absolute Gasteiger partial charge is 0.313 e. The Morgan fingerprint density at radius 1 is 0.952 bits per heavy atom. The van der Waals surface area contributed by atoms with Gasteiger partial charge in [-0.25, -0.2) is 0 Å². The van der Waals surface area contributed by atoms with Crippen molar-refractivity contribution in [1.29, 1.82) is 0 Å². The maximum Gasteiger partial charge on any atom is 0.0358 e. The summed E-state index contributed by atoms with van der Waals surface area (Å²) in [6.07, 6.45) is 1.02. The van der Waals surface area contributed by atoms with Crippen LogP contribution in [0, 0.1) is 3.57 Å². The maximum absolute atomic E-state index is 3.43. The van der Waals surface area contributed by atoms with Crippen molar-refractivity contribution >= 4 is 22.6 Å². The van der Waals surface area contributed by atoms with E-state index in [2.05, 4.69) is 97.2 Å². The maximum atomic E-state index is 3.43. The number of nitrogens with one attached hydrogen (secondary N) is 1. The predicted octanol–water partition coefficient (Wildman–Crippen LogP) is 5.09. The van der Waals surface area contributed by atoms with E-state index in [1.54, 1.807) is 0 Å². The zero-order valence-electron chi connectivity index (χ0n) is 13.3. The van der Waals surface area contributed by atoms with Crippen molar-refractivity contribution in [2.75, 3.05) is 7.05 Å². The molecule has 1 nitrogen and oxygen atoms in total. The highest BCUT2D eigenvalue weighted by molar-refractivity contribution is 14.1. The van der Waals surface area contributed by atoms with Gasteiger partial charge in [-0.2, -0.15) is 0 Å². The van der Waals surface area contributed by atoms with Crippen molar-refractivity contribution in [2.24, 2.45) is 0 Å². The highest BCUT2D eigenvalue weighted by Crippen LogP contribution is 2.24. The minimum Gasteiger partial charge on any atom is -0.313 e. The summed E-state index contributed by atoms with van der Waals surface area (Å²) in [5.74, 6) is 0. The molecule has 0 radical (unpaired) electrons. The molecule has 1 unspecified atom stereocenters. The van der Waals surface area contributed by atoms with Crippen LogP contribution in [-0.2, 0) is 11.8 Å². The van der Waals surface area contributed by atoms with Crippen LogP contribution < -0.4 is 5.32 Å². The monoisotopic (exact) mass is 393 g/mol. The molecule has 0 saturated carbocycles. The van der Waals surface area contributed by atoms with Crippen molar-refractivity contribution in [1.82, 2.24) is 5.32 Å². The molecule has 0 spiro atoms. The van der Waals surface area contributed by atoms with E-state index in [0.717, 1.165) is 6.42 Å². The molecule has 2 rings (SSSR count). The fraction of sp³-hybridized carbons (Fsp3) is 0.368. The molecule has 1 N–H and O–H groups in total. The van der Waals surface area contributed by atoms with Crippen molar-refractivity contribution in [2.45, 2.75) is 38.6 Å². The first-order valence-electron chi connectivity index (χ1n) is 7.42. The van der Waals surface area contributed by atoms with E-state index in [0.29, 0.717) is 6.04 Å². The molecular formula is C19H24IN. The fourth-order valence-corrected chi connectivity index (χ4v) is 2.82. The first-order valence-corrected chi connectivity index (χ1v) is 8.50. The minimum atomic E-state index is 0.219.